The van der Waals surface area contributed by atoms with E-state index in [-0.39, 0.29) is 24.0 Å². The van der Waals surface area contributed by atoms with Crippen molar-refractivity contribution in [2.75, 3.05) is 39.9 Å². The highest BCUT2D eigenvalue weighted by Gasteiger charge is 2.13. The van der Waals surface area contributed by atoms with E-state index >= 15 is 0 Å². The van der Waals surface area contributed by atoms with Crippen LogP contribution < -0.4 is 10.6 Å². The number of aliphatic imine (C=N–C) groups is 1. The van der Waals surface area contributed by atoms with Gasteiger partial charge in [-0.05, 0) is 23.3 Å². The number of aromatic nitrogens is 3. The van der Waals surface area contributed by atoms with Gasteiger partial charge >= 0.3 is 0 Å². The van der Waals surface area contributed by atoms with Crippen LogP contribution in [-0.4, -0.2) is 65.4 Å². The molecule has 0 spiro atoms. The third-order valence-corrected chi connectivity index (χ3v) is 5.31. The van der Waals surface area contributed by atoms with Gasteiger partial charge in [0.05, 0.1) is 13.2 Å². The molecule has 3 aromatic rings. The molecule has 0 unspecified atom stereocenters. The zero-order valence-electron chi connectivity index (χ0n) is 17.8. The number of halogens is 1. The average Bonchev–Trinajstić information content (AvgIpc) is 3.21. The summed E-state index contributed by atoms with van der Waals surface area (Å²) in [6, 6.07) is 14.5. The van der Waals surface area contributed by atoms with Crippen LogP contribution in [0.5, 0.6) is 0 Å². The summed E-state index contributed by atoms with van der Waals surface area (Å²) in [6.07, 6.45) is 2.75. The van der Waals surface area contributed by atoms with Crippen LogP contribution in [0.4, 0.5) is 0 Å². The van der Waals surface area contributed by atoms with Gasteiger partial charge in [-0.1, -0.05) is 30.3 Å². The molecule has 0 saturated carbocycles. The number of hydrogen-bond donors (Lipinski definition) is 2. The third-order valence-electron chi connectivity index (χ3n) is 5.31. The van der Waals surface area contributed by atoms with E-state index in [0.717, 1.165) is 69.8 Å². The van der Waals surface area contributed by atoms with Gasteiger partial charge in [-0.2, -0.15) is 0 Å². The standard InChI is InChI=1S/C22H29N7O.HI/c1-23-22(24-10-9-21-27-26-20-8-4-5-11-29(20)21)25-16-18-6-2-3-7-19(18)17-28-12-14-30-15-13-28;/h2-8,11H,9-10,12-17H2,1H3,(H2,23,24,25);1H. The van der Waals surface area contributed by atoms with E-state index in [9.17, 15) is 0 Å². The van der Waals surface area contributed by atoms with Crippen molar-refractivity contribution < 1.29 is 4.74 Å². The number of morpholine rings is 1. The van der Waals surface area contributed by atoms with E-state index in [4.69, 9.17) is 4.74 Å². The van der Waals surface area contributed by atoms with E-state index in [0.29, 0.717) is 0 Å². The zero-order chi connectivity index (χ0) is 20.6. The molecule has 4 rings (SSSR count). The summed E-state index contributed by atoms with van der Waals surface area (Å²) in [4.78, 5) is 6.80. The van der Waals surface area contributed by atoms with Gasteiger partial charge in [0.25, 0.3) is 0 Å². The van der Waals surface area contributed by atoms with Crippen molar-refractivity contribution in [3.8, 4) is 0 Å². The van der Waals surface area contributed by atoms with Crippen molar-refractivity contribution in [2.45, 2.75) is 19.5 Å². The number of rotatable bonds is 7. The van der Waals surface area contributed by atoms with Crippen molar-refractivity contribution in [1.29, 1.82) is 0 Å². The number of ether oxygens (including phenoxy) is 1. The predicted molar refractivity (Wildman–Crippen MR) is 133 cm³/mol. The number of hydrogen-bond acceptors (Lipinski definition) is 5. The Labute approximate surface area is 200 Å². The molecule has 0 radical (unpaired) electrons. The van der Waals surface area contributed by atoms with Crippen molar-refractivity contribution in [2.24, 2.45) is 4.99 Å². The summed E-state index contributed by atoms with van der Waals surface area (Å²) in [6.45, 7) is 6.02. The van der Waals surface area contributed by atoms with Gasteiger partial charge in [0.1, 0.15) is 5.82 Å². The topological polar surface area (TPSA) is 79.1 Å². The number of benzene rings is 1. The van der Waals surface area contributed by atoms with Gasteiger partial charge in [0, 0.05) is 52.4 Å². The van der Waals surface area contributed by atoms with E-state index in [1.807, 2.05) is 28.8 Å². The minimum absolute atomic E-state index is 0. The molecule has 1 saturated heterocycles. The highest BCUT2D eigenvalue weighted by Crippen LogP contribution is 2.13. The van der Waals surface area contributed by atoms with Crippen LogP contribution >= 0.6 is 24.0 Å². The molecule has 0 bridgehead atoms. The molecule has 0 amide bonds. The maximum absolute atomic E-state index is 5.46. The van der Waals surface area contributed by atoms with Gasteiger partial charge in [0.15, 0.2) is 11.6 Å². The summed E-state index contributed by atoms with van der Waals surface area (Å²) in [5, 5.41) is 15.3. The van der Waals surface area contributed by atoms with E-state index in [1.54, 1.807) is 7.05 Å². The number of guanidine groups is 1. The molecular formula is C22H30IN7O. The second-order valence-corrected chi connectivity index (χ2v) is 7.30. The lowest BCUT2D eigenvalue weighted by Crippen LogP contribution is -2.38. The molecule has 2 aromatic heterocycles. The molecule has 2 N–H and O–H groups in total. The molecule has 166 valence electrons. The Balaban J connectivity index is 0.00000272. The molecule has 1 aromatic carbocycles. The van der Waals surface area contributed by atoms with Gasteiger partial charge in [-0.25, -0.2) is 0 Å². The molecule has 31 heavy (non-hydrogen) atoms. The van der Waals surface area contributed by atoms with Crippen molar-refractivity contribution in [3.05, 3.63) is 65.6 Å². The smallest absolute Gasteiger partial charge is 0.191 e. The molecule has 0 aliphatic carbocycles. The fraction of sp³-hybridized carbons (Fsp3) is 0.409. The molecule has 1 fully saturated rings. The van der Waals surface area contributed by atoms with Crippen LogP contribution in [0.15, 0.2) is 53.7 Å². The molecule has 1 aliphatic rings. The summed E-state index contributed by atoms with van der Waals surface area (Å²) >= 11 is 0. The largest absolute Gasteiger partial charge is 0.379 e. The Kier molecular flexibility index (Phi) is 9.04. The monoisotopic (exact) mass is 535 g/mol. The van der Waals surface area contributed by atoms with Crippen LogP contribution in [0.2, 0.25) is 0 Å². The fourth-order valence-electron chi connectivity index (χ4n) is 3.64. The van der Waals surface area contributed by atoms with Crippen molar-refractivity contribution in [1.82, 2.24) is 30.1 Å². The number of nitrogens with zero attached hydrogens (tertiary/aromatic N) is 5. The first-order valence-corrected chi connectivity index (χ1v) is 10.4. The van der Waals surface area contributed by atoms with Crippen molar-refractivity contribution in [3.63, 3.8) is 0 Å². The van der Waals surface area contributed by atoms with E-state index in [2.05, 4.69) is 55.0 Å². The number of fused-ring (bicyclic) bond motifs is 1. The van der Waals surface area contributed by atoms with E-state index in [1.165, 1.54) is 11.1 Å². The van der Waals surface area contributed by atoms with E-state index < -0.39 is 0 Å². The molecule has 8 nitrogen and oxygen atoms in total. The minimum Gasteiger partial charge on any atom is -0.379 e. The maximum Gasteiger partial charge on any atom is 0.191 e. The maximum atomic E-state index is 5.46. The highest BCUT2D eigenvalue weighted by molar-refractivity contribution is 14.0. The summed E-state index contributed by atoms with van der Waals surface area (Å²) in [5.41, 5.74) is 3.50. The third kappa shape index (κ3) is 6.37. The summed E-state index contributed by atoms with van der Waals surface area (Å²) in [7, 11) is 1.79. The van der Waals surface area contributed by atoms with Crippen LogP contribution in [0.1, 0.15) is 17.0 Å². The molecule has 3 heterocycles. The number of pyridine rings is 1. The molecular weight excluding hydrogens is 505 g/mol. The first-order chi connectivity index (χ1) is 14.8. The first-order valence-electron chi connectivity index (χ1n) is 10.4. The van der Waals surface area contributed by atoms with Crippen LogP contribution in [-0.2, 0) is 24.2 Å². The average molecular weight is 535 g/mol. The Hall–Kier alpha value is -2.24. The Bertz CT molecular complexity index is 985. The second-order valence-electron chi connectivity index (χ2n) is 7.30. The predicted octanol–water partition coefficient (Wildman–Crippen LogP) is 2.09. The molecule has 1 aliphatic heterocycles. The lowest BCUT2D eigenvalue weighted by Gasteiger charge is -2.27. The lowest BCUT2D eigenvalue weighted by atomic mass is 10.1. The zero-order valence-corrected chi connectivity index (χ0v) is 20.2. The van der Waals surface area contributed by atoms with Gasteiger partial charge in [-0.3, -0.25) is 14.3 Å². The summed E-state index contributed by atoms with van der Waals surface area (Å²) in [5.74, 6) is 1.72. The molecule has 9 heteroatoms. The van der Waals surface area contributed by atoms with Gasteiger partial charge in [-0.15, -0.1) is 34.2 Å². The van der Waals surface area contributed by atoms with Crippen LogP contribution in [0.25, 0.3) is 5.65 Å². The first kappa shape index (κ1) is 23.4. The summed E-state index contributed by atoms with van der Waals surface area (Å²) < 4.78 is 7.47. The minimum atomic E-state index is 0. The Morgan fingerprint density at radius 3 is 2.61 bits per heavy atom. The molecule has 0 atom stereocenters. The van der Waals surface area contributed by atoms with Crippen molar-refractivity contribution >= 4 is 35.6 Å². The van der Waals surface area contributed by atoms with Gasteiger partial charge < -0.3 is 15.4 Å². The SMILES string of the molecule is CN=C(NCCc1nnc2ccccn12)NCc1ccccc1CN1CCOCC1.I. The Morgan fingerprint density at radius 2 is 1.81 bits per heavy atom. The second kappa shape index (κ2) is 12.0. The normalized spacial score (nSPS) is 14.9. The quantitative estimate of drug-likeness (QED) is 0.274. The van der Waals surface area contributed by atoms with Crippen LogP contribution in [0, 0.1) is 0 Å². The highest BCUT2D eigenvalue weighted by atomic mass is 127. The van der Waals surface area contributed by atoms with Gasteiger partial charge in [0.2, 0.25) is 0 Å². The Morgan fingerprint density at radius 1 is 1.03 bits per heavy atom. The fourth-order valence-corrected chi connectivity index (χ4v) is 3.64. The lowest BCUT2D eigenvalue weighted by molar-refractivity contribution is 0.0341. The number of nitrogens with one attached hydrogen (secondary N) is 2. The van der Waals surface area contributed by atoms with Crippen LogP contribution in [0.3, 0.4) is 0 Å².